The number of carbonyl (C=O) groups is 1. The van der Waals surface area contributed by atoms with E-state index in [2.05, 4.69) is 36.2 Å². The Hall–Kier alpha value is -1.43. The number of fused-ring (bicyclic) bond motifs is 1. The third-order valence-corrected chi connectivity index (χ3v) is 2.87. The molecule has 2 aromatic heterocycles. The van der Waals surface area contributed by atoms with Gasteiger partial charge in [0, 0.05) is 16.7 Å². The number of nitrogens with zero attached hydrogens (tertiary/aromatic N) is 2. The van der Waals surface area contributed by atoms with Crippen LogP contribution in [0.25, 0.3) is 11.2 Å². The van der Waals surface area contributed by atoms with E-state index < -0.39 is 0 Å². The number of hydrogen-bond donors (Lipinski definition) is 2. The maximum Gasteiger partial charge on any atom is 0.287 e. The normalized spacial score (nSPS) is 15.3. The Labute approximate surface area is 99.8 Å². The van der Waals surface area contributed by atoms with Crippen molar-refractivity contribution in [2.24, 2.45) is 0 Å². The molecule has 6 heteroatoms. The van der Waals surface area contributed by atoms with Crippen LogP contribution >= 0.6 is 15.9 Å². The first kappa shape index (κ1) is 9.77. The topological polar surface area (TPSA) is 70.7 Å². The van der Waals surface area contributed by atoms with Crippen molar-refractivity contribution in [2.45, 2.75) is 18.9 Å². The number of H-pyrrole nitrogens is 1. The van der Waals surface area contributed by atoms with Crippen LogP contribution in [0.5, 0.6) is 0 Å². The fraction of sp³-hybridized carbons (Fsp3) is 0.300. The van der Waals surface area contributed by atoms with Gasteiger partial charge in [0.1, 0.15) is 0 Å². The van der Waals surface area contributed by atoms with Crippen LogP contribution in [-0.4, -0.2) is 26.9 Å². The molecule has 0 saturated heterocycles. The summed E-state index contributed by atoms with van der Waals surface area (Å²) in [5, 5.41) is 2.87. The molecule has 16 heavy (non-hydrogen) atoms. The minimum absolute atomic E-state index is 0.156. The Morgan fingerprint density at radius 3 is 3.12 bits per heavy atom. The lowest BCUT2D eigenvalue weighted by Crippen LogP contribution is -2.26. The van der Waals surface area contributed by atoms with Crippen LogP contribution in [0.4, 0.5) is 0 Å². The number of aromatic nitrogens is 3. The van der Waals surface area contributed by atoms with Gasteiger partial charge >= 0.3 is 0 Å². The zero-order valence-corrected chi connectivity index (χ0v) is 9.91. The van der Waals surface area contributed by atoms with E-state index in [9.17, 15) is 4.79 Å². The molecule has 2 aromatic rings. The van der Waals surface area contributed by atoms with E-state index in [1.165, 1.54) is 0 Å². The minimum atomic E-state index is -0.156. The van der Waals surface area contributed by atoms with Crippen molar-refractivity contribution in [1.29, 1.82) is 0 Å². The summed E-state index contributed by atoms with van der Waals surface area (Å²) in [6.45, 7) is 0. The third-order valence-electron chi connectivity index (χ3n) is 2.43. The van der Waals surface area contributed by atoms with Gasteiger partial charge in [-0.2, -0.15) is 0 Å². The first-order valence-electron chi connectivity index (χ1n) is 5.04. The Bertz CT molecular complexity index is 561. The summed E-state index contributed by atoms with van der Waals surface area (Å²) in [7, 11) is 0. The molecule has 0 bridgehead atoms. The Morgan fingerprint density at radius 1 is 1.56 bits per heavy atom. The number of hydrogen-bond acceptors (Lipinski definition) is 3. The van der Waals surface area contributed by atoms with Crippen molar-refractivity contribution in [3.63, 3.8) is 0 Å². The number of rotatable bonds is 2. The fourth-order valence-corrected chi connectivity index (χ4v) is 1.79. The molecule has 0 aliphatic heterocycles. The average Bonchev–Trinajstić information content (AvgIpc) is 2.95. The summed E-state index contributed by atoms with van der Waals surface area (Å²) in [6.07, 6.45) is 3.79. The van der Waals surface area contributed by atoms with Gasteiger partial charge in [0.05, 0.1) is 5.52 Å². The van der Waals surface area contributed by atoms with Crippen LogP contribution in [0.15, 0.2) is 16.7 Å². The molecule has 0 radical (unpaired) electrons. The van der Waals surface area contributed by atoms with E-state index in [1.54, 1.807) is 6.20 Å². The van der Waals surface area contributed by atoms with Gasteiger partial charge in [0.25, 0.3) is 5.91 Å². The maximum atomic E-state index is 11.7. The summed E-state index contributed by atoms with van der Waals surface area (Å²) in [4.78, 5) is 22.9. The SMILES string of the molecule is O=C(NC1CC1)c1nc2ncc(Br)cc2[nH]1. The molecule has 1 amide bonds. The minimum Gasteiger partial charge on any atom is -0.347 e. The van der Waals surface area contributed by atoms with E-state index in [-0.39, 0.29) is 5.91 Å². The molecule has 1 fully saturated rings. The molecule has 0 spiro atoms. The molecule has 2 heterocycles. The van der Waals surface area contributed by atoms with E-state index in [1.807, 2.05) is 6.07 Å². The first-order chi connectivity index (χ1) is 7.72. The highest BCUT2D eigenvalue weighted by Gasteiger charge is 2.25. The molecule has 0 atom stereocenters. The van der Waals surface area contributed by atoms with Crippen molar-refractivity contribution in [1.82, 2.24) is 20.3 Å². The van der Waals surface area contributed by atoms with Crippen LogP contribution in [0, 0.1) is 0 Å². The highest BCUT2D eigenvalue weighted by Crippen LogP contribution is 2.19. The van der Waals surface area contributed by atoms with Crippen molar-refractivity contribution in [3.8, 4) is 0 Å². The molecule has 1 saturated carbocycles. The molecule has 0 unspecified atom stereocenters. The second-order valence-corrected chi connectivity index (χ2v) is 4.77. The van der Waals surface area contributed by atoms with Crippen molar-refractivity contribution >= 4 is 33.0 Å². The highest BCUT2D eigenvalue weighted by molar-refractivity contribution is 9.10. The van der Waals surface area contributed by atoms with Crippen molar-refractivity contribution < 1.29 is 4.79 Å². The van der Waals surface area contributed by atoms with Gasteiger partial charge in [-0.15, -0.1) is 0 Å². The van der Waals surface area contributed by atoms with E-state index in [0.29, 0.717) is 17.5 Å². The summed E-state index contributed by atoms with van der Waals surface area (Å²) in [5.41, 5.74) is 1.32. The molecule has 1 aliphatic carbocycles. The van der Waals surface area contributed by atoms with Crippen LogP contribution in [0.3, 0.4) is 0 Å². The Balaban J connectivity index is 1.94. The Kier molecular flexibility index (Phi) is 2.17. The summed E-state index contributed by atoms with van der Waals surface area (Å²) >= 11 is 3.32. The lowest BCUT2D eigenvalue weighted by atomic mass is 10.4. The Morgan fingerprint density at radius 2 is 2.38 bits per heavy atom. The van der Waals surface area contributed by atoms with E-state index >= 15 is 0 Å². The van der Waals surface area contributed by atoms with E-state index in [4.69, 9.17) is 0 Å². The fourth-order valence-electron chi connectivity index (χ4n) is 1.46. The van der Waals surface area contributed by atoms with Gasteiger partial charge in [-0.25, -0.2) is 9.97 Å². The number of carbonyl (C=O) groups excluding carboxylic acids is 1. The third kappa shape index (κ3) is 1.80. The summed E-state index contributed by atoms with van der Waals surface area (Å²) < 4.78 is 0.859. The predicted molar refractivity (Wildman–Crippen MR) is 62.1 cm³/mol. The molecular weight excluding hydrogens is 272 g/mol. The largest absolute Gasteiger partial charge is 0.347 e. The van der Waals surface area contributed by atoms with Gasteiger partial charge < -0.3 is 10.3 Å². The van der Waals surface area contributed by atoms with Crippen molar-refractivity contribution in [3.05, 3.63) is 22.6 Å². The zero-order valence-electron chi connectivity index (χ0n) is 8.33. The monoisotopic (exact) mass is 280 g/mol. The number of imidazole rings is 1. The second kappa shape index (κ2) is 3.55. The summed E-state index contributed by atoms with van der Waals surface area (Å²) in [6, 6.07) is 2.18. The van der Waals surface area contributed by atoms with Crippen LogP contribution in [0.1, 0.15) is 23.5 Å². The number of halogens is 1. The zero-order chi connectivity index (χ0) is 11.1. The lowest BCUT2D eigenvalue weighted by Gasteiger charge is -1.97. The van der Waals surface area contributed by atoms with Gasteiger partial charge in [-0.05, 0) is 34.8 Å². The number of nitrogens with one attached hydrogen (secondary N) is 2. The molecular formula is C10H9BrN4O. The van der Waals surface area contributed by atoms with Gasteiger partial charge in [-0.1, -0.05) is 0 Å². The molecule has 2 N–H and O–H groups in total. The number of pyridine rings is 1. The van der Waals surface area contributed by atoms with Crippen LogP contribution < -0.4 is 5.32 Å². The molecule has 3 rings (SSSR count). The van der Waals surface area contributed by atoms with Gasteiger partial charge in [0.2, 0.25) is 0 Å². The number of aromatic amines is 1. The molecule has 5 nitrogen and oxygen atoms in total. The molecule has 0 aromatic carbocycles. The molecule has 82 valence electrons. The second-order valence-electron chi connectivity index (χ2n) is 3.86. The van der Waals surface area contributed by atoms with Crippen LogP contribution in [-0.2, 0) is 0 Å². The lowest BCUT2D eigenvalue weighted by molar-refractivity contribution is 0.0942. The number of amides is 1. The first-order valence-corrected chi connectivity index (χ1v) is 5.84. The van der Waals surface area contributed by atoms with Gasteiger partial charge in [0.15, 0.2) is 11.5 Å². The predicted octanol–water partition coefficient (Wildman–Crippen LogP) is 1.61. The molecule has 1 aliphatic rings. The van der Waals surface area contributed by atoms with Crippen LogP contribution in [0.2, 0.25) is 0 Å². The standard InChI is InChI=1S/C10H9BrN4O/c11-5-3-7-8(12-4-5)15-9(14-7)10(16)13-6-1-2-6/h3-4,6H,1-2H2,(H,13,16)(H,12,14,15). The average molecular weight is 281 g/mol. The van der Waals surface area contributed by atoms with Gasteiger partial charge in [-0.3, -0.25) is 4.79 Å². The quantitative estimate of drug-likeness (QED) is 0.878. The highest BCUT2D eigenvalue weighted by atomic mass is 79.9. The summed E-state index contributed by atoms with van der Waals surface area (Å²) in [5.74, 6) is 0.170. The maximum absolute atomic E-state index is 11.7. The smallest absolute Gasteiger partial charge is 0.287 e. The van der Waals surface area contributed by atoms with E-state index in [0.717, 1.165) is 22.8 Å². The van der Waals surface area contributed by atoms with Crippen molar-refractivity contribution in [2.75, 3.05) is 0 Å².